The lowest BCUT2D eigenvalue weighted by Crippen LogP contribution is -2.45. The molecule has 37 heavy (non-hydrogen) atoms. The summed E-state index contributed by atoms with van der Waals surface area (Å²) in [6.07, 6.45) is -7.97. The molecule has 198 valence electrons. The first-order chi connectivity index (χ1) is 17.1. The first-order valence-corrected chi connectivity index (χ1v) is 11.4. The normalized spacial score (nSPS) is 18.4. The zero-order chi connectivity index (χ0) is 27.2. The number of hydrogen-bond acceptors (Lipinski definition) is 3. The van der Waals surface area contributed by atoms with Gasteiger partial charge in [-0.25, -0.2) is 4.39 Å². The van der Waals surface area contributed by atoms with E-state index >= 15 is 0 Å². The van der Waals surface area contributed by atoms with E-state index in [2.05, 4.69) is 5.32 Å². The predicted octanol–water partition coefficient (Wildman–Crippen LogP) is 6.29. The van der Waals surface area contributed by atoms with Crippen molar-refractivity contribution < 1.29 is 40.3 Å². The Labute approximate surface area is 208 Å². The summed E-state index contributed by atoms with van der Waals surface area (Å²) in [6.45, 7) is 3.35. The van der Waals surface area contributed by atoms with Crippen LogP contribution in [0.3, 0.4) is 0 Å². The van der Waals surface area contributed by atoms with Crippen LogP contribution in [0.1, 0.15) is 42.5 Å². The molecule has 2 aromatic rings. The molecule has 0 aromatic heterocycles. The Morgan fingerprint density at radius 1 is 0.973 bits per heavy atom. The Kier molecular flexibility index (Phi) is 6.76. The van der Waals surface area contributed by atoms with Crippen molar-refractivity contribution >= 4 is 11.5 Å². The van der Waals surface area contributed by atoms with E-state index in [0.29, 0.717) is 29.7 Å². The van der Waals surface area contributed by atoms with Crippen molar-refractivity contribution in [1.29, 1.82) is 0 Å². The predicted molar refractivity (Wildman–Crippen MR) is 121 cm³/mol. The van der Waals surface area contributed by atoms with Crippen molar-refractivity contribution in [3.8, 4) is 0 Å². The maximum Gasteiger partial charge on any atom is 0.416 e. The van der Waals surface area contributed by atoms with Crippen LogP contribution in [0.15, 0.2) is 60.0 Å². The highest BCUT2D eigenvalue weighted by Crippen LogP contribution is 2.38. The van der Waals surface area contributed by atoms with Crippen LogP contribution in [0.2, 0.25) is 0 Å². The number of alkyl halides is 6. The van der Waals surface area contributed by atoms with Crippen molar-refractivity contribution in [1.82, 2.24) is 10.2 Å². The Balaban J connectivity index is 1.76. The Hall–Kier alpha value is -3.50. The number of carbonyl (C=O) groups is 1. The summed E-state index contributed by atoms with van der Waals surface area (Å²) in [6, 6.07) is 6.68. The number of carbonyl (C=O) groups excluding carboxylic acids is 1. The summed E-state index contributed by atoms with van der Waals surface area (Å²) >= 11 is 0. The van der Waals surface area contributed by atoms with E-state index in [1.54, 1.807) is 6.08 Å². The second-order valence-electron chi connectivity index (χ2n) is 9.46. The molecule has 0 bridgehead atoms. The molecule has 11 heteroatoms. The van der Waals surface area contributed by atoms with Gasteiger partial charge in [-0.3, -0.25) is 4.79 Å². The van der Waals surface area contributed by atoms with Gasteiger partial charge in [-0.2, -0.15) is 26.3 Å². The van der Waals surface area contributed by atoms with Crippen LogP contribution in [0.4, 0.5) is 30.7 Å². The van der Waals surface area contributed by atoms with Crippen LogP contribution in [0.25, 0.3) is 5.57 Å². The Bertz CT molecular complexity index is 1230. The van der Waals surface area contributed by atoms with Gasteiger partial charge in [-0.15, -0.1) is 0 Å². The number of amides is 1. The molecule has 0 saturated heterocycles. The second kappa shape index (κ2) is 9.42. The molecule has 2 aliphatic heterocycles. The molecular weight excluding hydrogens is 505 g/mol. The van der Waals surface area contributed by atoms with Gasteiger partial charge in [-0.1, -0.05) is 18.2 Å². The minimum absolute atomic E-state index is 0.0350. The highest BCUT2D eigenvalue weighted by Gasteiger charge is 2.38. The lowest BCUT2D eigenvalue weighted by molar-refractivity contribution is -0.143. The summed E-state index contributed by atoms with van der Waals surface area (Å²) in [5, 5.41) is 3.11. The van der Waals surface area contributed by atoms with Crippen LogP contribution >= 0.6 is 0 Å². The molecular formula is C26H23F7N2O2. The summed E-state index contributed by atoms with van der Waals surface area (Å²) in [7, 11) is 0. The second-order valence-corrected chi connectivity index (χ2v) is 9.46. The SMILES string of the molecule is CC1(C)C=C(c2ccc(F)cc2)C2=C(N1)OCCCN(Cc1cc(C(F)(F)F)cc(C(F)(F)F)c1)C2=O. The molecule has 2 aromatic carbocycles. The zero-order valence-corrected chi connectivity index (χ0v) is 19.9. The minimum Gasteiger partial charge on any atom is -0.479 e. The Morgan fingerprint density at radius 2 is 1.57 bits per heavy atom. The minimum atomic E-state index is -5.00. The van der Waals surface area contributed by atoms with Gasteiger partial charge in [0.15, 0.2) is 0 Å². The van der Waals surface area contributed by atoms with Crippen LogP contribution in [0.5, 0.6) is 0 Å². The average molecular weight is 528 g/mol. The molecule has 1 N–H and O–H groups in total. The maximum atomic E-state index is 13.8. The quantitative estimate of drug-likeness (QED) is 0.477. The zero-order valence-electron chi connectivity index (χ0n) is 19.9. The summed E-state index contributed by atoms with van der Waals surface area (Å²) in [5.74, 6) is -0.987. The van der Waals surface area contributed by atoms with E-state index in [9.17, 15) is 35.5 Å². The monoisotopic (exact) mass is 528 g/mol. The molecule has 2 aliphatic rings. The lowest BCUT2D eigenvalue weighted by Gasteiger charge is -2.36. The molecule has 0 saturated carbocycles. The molecule has 4 nitrogen and oxygen atoms in total. The van der Waals surface area contributed by atoms with E-state index in [0.717, 1.165) is 0 Å². The molecule has 0 aliphatic carbocycles. The average Bonchev–Trinajstić information content (AvgIpc) is 2.78. The molecule has 0 radical (unpaired) electrons. The van der Waals surface area contributed by atoms with Gasteiger partial charge < -0.3 is 15.0 Å². The number of dihydropyridines is 1. The number of rotatable bonds is 3. The topological polar surface area (TPSA) is 41.6 Å². The van der Waals surface area contributed by atoms with Crippen molar-refractivity contribution in [2.45, 2.75) is 44.7 Å². The first-order valence-electron chi connectivity index (χ1n) is 11.4. The number of hydrogen-bond donors (Lipinski definition) is 1. The summed E-state index contributed by atoms with van der Waals surface area (Å²) in [4.78, 5) is 15.0. The third-order valence-electron chi connectivity index (χ3n) is 5.93. The summed E-state index contributed by atoms with van der Waals surface area (Å²) in [5.41, 5.74) is -2.91. The highest BCUT2D eigenvalue weighted by atomic mass is 19.4. The molecule has 0 fully saturated rings. The smallest absolute Gasteiger partial charge is 0.416 e. The largest absolute Gasteiger partial charge is 0.479 e. The number of nitrogens with zero attached hydrogens (tertiary/aromatic N) is 1. The number of benzene rings is 2. The number of ether oxygens (including phenoxy) is 1. The number of nitrogens with one attached hydrogen (secondary N) is 1. The Morgan fingerprint density at radius 3 is 2.14 bits per heavy atom. The molecule has 0 unspecified atom stereocenters. The first kappa shape index (κ1) is 26.6. The van der Waals surface area contributed by atoms with Crippen molar-refractivity contribution in [3.63, 3.8) is 0 Å². The van der Waals surface area contributed by atoms with Crippen LogP contribution in [-0.2, 0) is 28.4 Å². The molecule has 2 heterocycles. The van der Waals surface area contributed by atoms with Gasteiger partial charge in [-0.05, 0) is 67.3 Å². The van der Waals surface area contributed by atoms with E-state index in [-0.39, 0.29) is 36.2 Å². The van der Waals surface area contributed by atoms with Gasteiger partial charge in [0.05, 0.1) is 23.3 Å². The van der Waals surface area contributed by atoms with E-state index in [1.165, 1.54) is 29.2 Å². The lowest BCUT2D eigenvalue weighted by atomic mass is 9.87. The summed E-state index contributed by atoms with van der Waals surface area (Å²) < 4.78 is 99.5. The molecule has 4 rings (SSSR count). The van der Waals surface area contributed by atoms with Gasteiger partial charge in [0.25, 0.3) is 5.91 Å². The van der Waals surface area contributed by atoms with Gasteiger partial charge in [0.1, 0.15) is 11.4 Å². The third-order valence-corrected chi connectivity index (χ3v) is 5.93. The van der Waals surface area contributed by atoms with Crippen molar-refractivity contribution in [3.05, 3.63) is 88.1 Å². The molecule has 0 atom stereocenters. The molecule has 1 amide bonds. The van der Waals surface area contributed by atoms with E-state index < -0.39 is 47.3 Å². The standard InChI is InChI=1S/C26H23F7N2O2/c1-24(2)13-20(16-4-6-19(27)7-5-16)21-22(34-24)37-9-3-8-35(23(21)36)14-15-10-17(25(28,29)30)12-18(11-15)26(31,32)33/h4-7,10-13,34H,3,8-9,14H2,1-2H3. The molecule has 0 spiro atoms. The fourth-order valence-electron chi connectivity index (χ4n) is 4.30. The van der Waals surface area contributed by atoms with Crippen molar-refractivity contribution in [2.24, 2.45) is 0 Å². The van der Waals surface area contributed by atoms with Gasteiger partial charge in [0.2, 0.25) is 5.88 Å². The van der Waals surface area contributed by atoms with Gasteiger partial charge >= 0.3 is 12.4 Å². The van der Waals surface area contributed by atoms with Crippen LogP contribution in [-0.4, -0.2) is 29.5 Å². The third kappa shape index (κ3) is 5.91. The van der Waals surface area contributed by atoms with E-state index in [4.69, 9.17) is 4.74 Å². The highest BCUT2D eigenvalue weighted by molar-refractivity contribution is 6.10. The van der Waals surface area contributed by atoms with Crippen LogP contribution < -0.4 is 5.32 Å². The van der Waals surface area contributed by atoms with Gasteiger partial charge in [0, 0.05) is 13.1 Å². The maximum absolute atomic E-state index is 13.8. The van der Waals surface area contributed by atoms with E-state index in [1.807, 2.05) is 13.8 Å². The van der Waals surface area contributed by atoms with Crippen LogP contribution in [0, 0.1) is 5.82 Å². The number of halogens is 7. The fraction of sp³-hybridized carbons (Fsp3) is 0.346. The van der Waals surface area contributed by atoms with Crippen molar-refractivity contribution in [2.75, 3.05) is 13.2 Å². The fourth-order valence-corrected chi connectivity index (χ4v) is 4.30.